The van der Waals surface area contributed by atoms with Crippen LogP contribution in [0, 0.1) is 0 Å². The van der Waals surface area contributed by atoms with Crippen LogP contribution in [-0.4, -0.2) is 24.0 Å². The molecule has 22 heavy (non-hydrogen) atoms. The van der Waals surface area contributed by atoms with Crippen LogP contribution in [0.5, 0.6) is 0 Å². The van der Waals surface area contributed by atoms with Gasteiger partial charge in [0.2, 0.25) is 0 Å². The molecule has 122 valence electrons. The monoisotopic (exact) mass is 308 g/mol. The summed E-state index contributed by atoms with van der Waals surface area (Å²) < 4.78 is 10.2. The quantitative estimate of drug-likeness (QED) is 0.819. The maximum atomic E-state index is 11.7. The van der Waals surface area contributed by atoms with Crippen LogP contribution in [0.25, 0.3) is 0 Å². The van der Waals surface area contributed by atoms with Gasteiger partial charge in [-0.2, -0.15) is 0 Å². The maximum Gasteiger partial charge on any atom is 0.409 e. The lowest BCUT2D eigenvalue weighted by Crippen LogP contribution is -2.49. The number of hydrogen-bond acceptors (Lipinski definition) is 4. The van der Waals surface area contributed by atoms with Gasteiger partial charge in [0, 0.05) is 0 Å². The molecule has 0 fully saturated rings. The van der Waals surface area contributed by atoms with E-state index in [1.165, 1.54) is 0 Å². The lowest BCUT2D eigenvalue weighted by Gasteiger charge is -2.23. The smallest absolute Gasteiger partial charge is 0.409 e. The van der Waals surface area contributed by atoms with Gasteiger partial charge in [-0.3, -0.25) is 0 Å². The highest BCUT2D eigenvalue weighted by Gasteiger charge is 2.20. The lowest BCUT2D eigenvalue weighted by atomic mass is 10.2. The number of amides is 2. The maximum absolute atomic E-state index is 11.7. The van der Waals surface area contributed by atoms with Crippen molar-refractivity contribution in [1.29, 1.82) is 0 Å². The first kappa shape index (κ1) is 17.8. The lowest BCUT2D eigenvalue weighted by molar-refractivity contribution is 0.0490. The average molecular weight is 308 g/mol. The molecule has 0 heterocycles. The molecular formula is C16H24N2O4. The number of hydrogen-bond donors (Lipinski definition) is 2. The number of alkyl carbamates (subject to hydrolysis) is 2. The molecular weight excluding hydrogens is 284 g/mol. The normalized spacial score (nSPS) is 12.2. The molecule has 0 saturated carbocycles. The number of rotatable bonds is 5. The van der Waals surface area contributed by atoms with Crippen molar-refractivity contribution in [3.8, 4) is 0 Å². The molecule has 1 atom stereocenters. The van der Waals surface area contributed by atoms with Gasteiger partial charge in [-0.15, -0.1) is 0 Å². The van der Waals surface area contributed by atoms with Crippen LogP contribution in [0.15, 0.2) is 30.3 Å². The molecule has 6 heteroatoms. The number of benzene rings is 1. The minimum atomic E-state index is -0.591. The van der Waals surface area contributed by atoms with Crippen molar-refractivity contribution < 1.29 is 19.1 Å². The van der Waals surface area contributed by atoms with Crippen LogP contribution in [0.1, 0.15) is 39.7 Å². The Hall–Kier alpha value is -2.24. The molecule has 0 aliphatic heterocycles. The molecule has 0 radical (unpaired) electrons. The molecule has 2 amide bonds. The predicted octanol–water partition coefficient (Wildman–Crippen LogP) is 3.17. The van der Waals surface area contributed by atoms with E-state index in [0.29, 0.717) is 6.42 Å². The van der Waals surface area contributed by atoms with Crippen molar-refractivity contribution in [2.75, 3.05) is 0 Å². The van der Waals surface area contributed by atoms with Gasteiger partial charge < -0.3 is 20.1 Å². The van der Waals surface area contributed by atoms with Gasteiger partial charge in [0.25, 0.3) is 0 Å². The summed E-state index contributed by atoms with van der Waals surface area (Å²) in [5, 5.41) is 5.16. The second-order valence-corrected chi connectivity index (χ2v) is 5.81. The van der Waals surface area contributed by atoms with Gasteiger partial charge in [-0.25, -0.2) is 9.59 Å². The number of ether oxygens (including phenoxy) is 2. The summed E-state index contributed by atoms with van der Waals surface area (Å²) in [6.07, 6.45) is -1.20. The van der Waals surface area contributed by atoms with Crippen molar-refractivity contribution in [3.63, 3.8) is 0 Å². The fraction of sp³-hybridized carbons (Fsp3) is 0.500. The summed E-state index contributed by atoms with van der Waals surface area (Å²) >= 11 is 0. The molecule has 2 N–H and O–H groups in total. The van der Waals surface area contributed by atoms with Crippen LogP contribution in [-0.2, 0) is 16.1 Å². The molecule has 0 aromatic heterocycles. The van der Waals surface area contributed by atoms with Crippen molar-refractivity contribution >= 4 is 12.2 Å². The van der Waals surface area contributed by atoms with E-state index in [4.69, 9.17) is 9.47 Å². The zero-order valence-electron chi connectivity index (χ0n) is 13.5. The third-order valence-electron chi connectivity index (χ3n) is 2.60. The fourth-order valence-corrected chi connectivity index (χ4v) is 1.60. The van der Waals surface area contributed by atoms with Crippen LogP contribution in [0.2, 0.25) is 0 Å². The molecule has 1 aromatic rings. The first-order chi connectivity index (χ1) is 10.3. The predicted molar refractivity (Wildman–Crippen MR) is 83.2 cm³/mol. The first-order valence-corrected chi connectivity index (χ1v) is 7.27. The summed E-state index contributed by atoms with van der Waals surface area (Å²) in [6.45, 7) is 7.33. The number of carbonyl (C=O) groups excluding carboxylic acids is 2. The van der Waals surface area contributed by atoms with E-state index in [2.05, 4.69) is 10.6 Å². The fourth-order valence-electron chi connectivity index (χ4n) is 1.60. The Morgan fingerprint density at radius 2 is 1.68 bits per heavy atom. The van der Waals surface area contributed by atoms with E-state index >= 15 is 0 Å². The topological polar surface area (TPSA) is 76.7 Å². The molecule has 0 saturated heterocycles. The van der Waals surface area contributed by atoms with Crippen molar-refractivity contribution in [2.24, 2.45) is 0 Å². The van der Waals surface area contributed by atoms with Gasteiger partial charge in [0.15, 0.2) is 0 Å². The van der Waals surface area contributed by atoms with E-state index in [0.717, 1.165) is 5.56 Å². The highest BCUT2D eigenvalue weighted by atomic mass is 16.6. The van der Waals surface area contributed by atoms with Crippen LogP contribution in [0.4, 0.5) is 9.59 Å². The van der Waals surface area contributed by atoms with Crippen molar-refractivity contribution in [3.05, 3.63) is 35.9 Å². The van der Waals surface area contributed by atoms with Crippen molar-refractivity contribution in [2.45, 2.75) is 52.5 Å². The summed E-state index contributed by atoms with van der Waals surface area (Å²) in [4.78, 5) is 23.4. The Kier molecular flexibility index (Phi) is 6.69. The molecule has 1 aromatic carbocycles. The third-order valence-corrected chi connectivity index (χ3v) is 2.60. The molecule has 6 nitrogen and oxygen atoms in total. The summed E-state index contributed by atoms with van der Waals surface area (Å²) in [6, 6.07) is 9.36. The SMILES string of the molecule is CCC(NC(=O)OCc1ccccc1)NC(=O)OC(C)(C)C. The number of nitrogens with one attached hydrogen (secondary N) is 2. The van der Waals surface area contributed by atoms with Crippen molar-refractivity contribution in [1.82, 2.24) is 10.6 Å². The Morgan fingerprint density at radius 1 is 1.09 bits per heavy atom. The van der Waals surface area contributed by atoms with E-state index in [9.17, 15) is 9.59 Å². The van der Waals surface area contributed by atoms with Gasteiger partial charge in [-0.1, -0.05) is 37.3 Å². The summed E-state index contributed by atoms with van der Waals surface area (Å²) in [5.41, 5.74) is 0.307. The third kappa shape index (κ3) is 7.52. The Morgan fingerprint density at radius 3 is 2.23 bits per heavy atom. The Balaban J connectivity index is 2.38. The summed E-state index contributed by atoms with van der Waals surface area (Å²) in [7, 11) is 0. The van der Waals surface area contributed by atoms with Crippen LogP contribution >= 0.6 is 0 Å². The van der Waals surface area contributed by atoms with Gasteiger partial charge >= 0.3 is 12.2 Å². The second kappa shape index (κ2) is 8.26. The zero-order chi connectivity index (χ0) is 16.6. The minimum Gasteiger partial charge on any atom is -0.445 e. The zero-order valence-corrected chi connectivity index (χ0v) is 13.5. The molecule has 0 bridgehead atoms. The standard InChI is InChI=1S/C16H24N2O4/c1-5-13(18-15(20)22-16(2,3)4)17-14(19)21-11-12-9-7-6-8-10-12/h6-10,13H,5,11H2,1-4H3,(H,17,19)(H,18,20). The van der Waals surface area contributed by atoms with Gasteiger partial charge in [-0.05, 0) is 32.8 Å². The second-order valence-electron chi connectivity index (χ2n) is 5.81. The minimum absolute atomic E-state index is 0.176. The molecule has 1 unspecified atom stereocenters. The first-order valence-electron chi connectivity index (χ1n) is 7.27. The van der Waals surface area contributed by atoms with Gasteiger partial charge in [0.1, 0.15) is 18.4 Å². The molecule has 1 rings (SSSR count). The highest BCUT2D eigenvalue weighted by Crippen LogP contribution is 2.07. The number of carbonyl (C=O) groups is 2. The van der Waals surface area contributed by atoms with Crippen LogP contribution < -0.4 is 10.6 Å². The Bertz CT molecular complexity index is 483. The van der Waals surface area contributed by atoms with E-state index in [-0.39, 0.29) is 6.61 Å². The van der Waals surface area contributed by atoms with Crippen LogP contribution in [0.3, 0.4) is 0 Å². The Labute approximate surface area is 131 Å². The molecule has 0 spiro atoms. The molecule has 0 aliphatic rings. The summed E-state index contributed by atoms with van der Waals surface area (Å²) in [5.74, 6) is 0. The van der Waals surface area contributed by atoms with Gasteiger partial charge in [0.05, 0.1) is 0 Å². The van der Waals surface area contributed by atoms with E-state index in [1.807, 2.05) is 37.3 Å². The average Bonchev–Trinajstić information content (AvgIpc) is 2.43. The highest BCUT2D eigenvalue weighted by molar-refractivity contribution is 5.71. The molecule has 0 aliphatic carbocycles. The van der Waals surface area contributed by atoms with E-state index in [1.54, 1.807) is 20.8 Å². The largest absolute Gasteiger partial charge is 0.445 e. The van der Waals surface area contributed by atoms with E-state index < -0.39 is 24.0 Å².